The Kier molecular flexibility index (Phi) is 4.03. The highest BCUT2D eigenvalue weighted by Crippen LogP contribution is 2.36. The molecule has 0 bridgehead atoms. The minimum atomic E-state index is 0.251. The summed E-state index contributed by atoms with van der Waals surface area (Å²) in [7, 11) is 1.97. The van der Waals surface area contributed by atoms with Gasteiger partial charge in [0.25, 0.3) is 0 Å². The van der Waals surface area contributed by atoms with Gasteiger partial charge in [-0.1, -0.05) is 0 Å². The molecule has 0 aliphatic rings. The first-order chi connectivity index (χ1) is 10.3. The predicted molar refractivity (Wildman–Crippen MR) is 86.1 cm³/mol. The van der Waals surface area contributed by atoms with Gasteiger partial charge in [-0.15, -0.1) is 11.3 Å². The largest absolute Gasteiger partial charge is 0.312 e. The van der Waals surface area contributed by atoms with Crippen LogP contribution in [0.25, 0.3) is 21.8 Å². The van der Waals surface area contributed by atoms with Crippen molar-refractivity contribution < 1.29 is 0 Å². The van der Waals surface area contributed by atoms with Gasteiger partial charge in [-0.25, -0.2) is 4.98 Å². The summed E-state index contributed by atoms with van der Waals surface area (Å²) in [5, 5.41) is 4.31. The van der Waals surface area contributed by atoms with Crippen molar-refractivity contribution in [2.45, 2.75) is 13.0 Å². The van der Waals surface area contributed by atoms with E-state index < -0.39 is 0 Å². The predicted octanol–water partition coefficient (Wildman–Crippen LogP) is 3.55. The molecular weight excluding hydrogens is 280 g/mol. The van der Waals surface area contributed by atoms with Crippen molar-refractivity contribution >= 4 is 11.3 Å². The molecule has 5 heteroatoms. The van der Waals surface area contributed by atoms with Crippen molar-refractivity contribution in [3.05, 3.63) is 53.9 Å². The van der Waals surface area contributed by atoms with Gasteiger partial charge in [0.15, 0.2) is 0 Å². The summed E-state index contributed by atoms with van der Waals surface area (Å²) in [6, 6.07) is 8.22. The summed E-state index contributed by atoms with van der Waals surface area (Å²) in [4.78, 5) is 14.2. The van der Waals surface area contributed by atoms with E-state index in [9.17, 15) is 0 Å². The van der Waals surface area contributed by atoms with Crippen molar-refractivity contribution in [2.24, 2.45) is 0 Å². The number of hydrogen-bond acceptors (Lipinski definition) is 5. The molecule has 1 N–H and O–H groups in total. The first-order valence-corrected chi connectivity index (χ1v) is 7.60. The van der Waals surface area contributed by atoms with E-state index in [1.807, 2.05) is 31.3 Å². The lowest BCUT2D eigenvalue weighted by molar-refractivity contribution is 0.664. The fourth-order valence-corrected chi connectivity index (χ4v) is 3.25. The molecule has 0 radical (unpaired) electrons. The van der Waals surface area contributed by atoms with Gasteiger partial charge in [-0.3, -0.25) is 9.97 Å². The van der Waals surface area contributed by atoms with Gasteiger partial charge in [0.2, 0.25) is 0 Å². The van der Waals surface area contributed by atoms with Crippen LogP contribution in [0.15, 0.2) is 49.1 Å². The minimum absolute atomic E-state index is 0.251. The first kappa shape index (κ1) is 13.9. The SMILES string of the molecule is CNC(C)c1sc(-c2ccncc2)nc1-c1ccncc1. The first-order valence-electron chi connectivity index (χ1n) is 6.78. The molecule has 0 aliphatic heterocycles. The fourth-order valence-electron chi connectivity index (χ4n) is 2.09. The molecule has 3 aromatic heterocycles. The molecule has 3 rings (SSSR count). The van der Waals surface area contributed by atoms with Gasteiger partial charge in [0.1, 0.15) is 5.01 Å². The molecule has 1 unspecified atom stereocenters. The van der Waals surface area contributed by atoms with Crippen LogP contribution in [0, 0.1) is 0 Å². The van der Waals surface area contributed by atoms with Crippen LogP contribution in [0.4, 0.5) is 0 Å². The second-order valence-corrected chi connectivity index (χ2v) is 5.74. The van der Waals surface area contributed by atoms with Crippen molar-refractivity contribution in [1.82, 2.24) is 20.3 Å². The third-order valence-corrected chi connectivity index (χ3v) is 4.65. The van der Waals surface area contributed by atoms with E-state index in [1.54, 1.807) is 36.1 Å². The molecular formula is C16H16N4S. The molecule has 21 heavy (non-hydrogen) atoms. The number of thiazole rings is 1. The van der Waals surface area contributed by atoms with Crippen LogP contribution in [0.5, 0.6) is 0 Å². The molecule has 3 heterocycles. The number of rotatable bonds is 4. The quantitative estimate of drug-likeness (QED) is 0.800. The number of pyridine rings is 2. The van der Waals surface area contributed by atoms with Gasteiger partial charge in [-0.05, 0) is 38.2 Å². The van der Waals surface area contributed by atoms with Gasteiger partial charge in [0, 0.05) is 46.8 Å². The second-order valence-electron chi connectivity index (χ2n) is 4.71. The lowest BCUT2D eigenvalue weighted by Gasteiger charge is -2.09. The van der Waals surface area contributed by atoms with E-state index in [0.717, 1.165) is 21.8 Å². The van der Waals surface area contributed by atoms with Gasteiger partial charge < -0.3 is 5.32 Å². The summed E-state index contributed by atoms with van der Waals surface area (Å²) >= 11 is 1.72. The Morgan fingerprint density at radius 2 is 1.52 bits per heavy atom. The third-order valence-electron chi connectivity index (χ3n) is 3.36. The monoisotopic (exact) mass is 296 g/mol. The smallest absolute Gasteiger partial charge is 0.124 e. The molecule has 0 amide bonds. The van der Waals surface area contributed by atoms with Crippen molar-refractivity contribution in [2.75, 3.05) is 7.05 Å². The Morgan fingerprint density at radius 1 is 0.952 bits per heavy atom. The van der Waals surface area contributed by atoms with E-state index in [-0.39, 0.29) is 6.04 Å². The standard InChI is InChI=1S/C16H16N4S/c1-11(17-2)15-14(12-3-7-18-8-4-12)20-16(21-15)13-5-9-19-10-6-13/h3-11,17H,1-2H3. The van der Waals surface area contributed by atoms with Crippen molar-refractivity contribution in [3.63, 3.8) is 0 Å². The Morgan fingerprint density at radius 3 is 2.10 bits per heavy atom. The molecule has 106 valence electrons. The molecule has 0 aliphatic carbocycles. The van der Waals surface area contributed by atoms with E-state index in [4.69, 9.17) is 4.98 Å². The zero-order valence-corrected chi connectivity index (χ0v) is 12.8. The van der Waals surface area contributed by atoms with E-state index in [0.29, 0.717) is 0 Å². The molecule has 1 atom stereocenters. The number of aromatic nitrogens is 3. The number of nitrogens with one attached hydrogen (secondary N) is 1. The highest BCUT2D eigenvalue weighted by atomic mass is 32.1. The fraction of sp³-hybridized carbons (Fsp3) is 0.188. The van der Waals surface area contributed by atoms with Crippen LogP contribution >= 0.6 is 11.3 Å². The topological polar surface area (TPSA) is 50.7 Å². The van der Waals surface area contributed by atoms with Crippen molar-refractivity contribution in [3.8, 4) is 21.8 Å². The Labute approximate surface area is 127 Å². The maximum Gasteiger partial charge on any atom is 0.124 e. The molecule has 0 saturated heterocycles. The highest BCUT2D eigenvalue weighted by Gasteiger charge is 2.18. The summed E-state index contributed by atoms with van der Waals surface area (Å²) in [6.07, 6.45) is 7.19. The second kappa shape index (κ2) is 6.11. The summed E-state index contributed by atoms with van der Waals surface area (Å²) < 4.78 is 0. The van der Waals surface area contributed by atoms with Gasteiger partial charge in [0.05, 0.1) is 5.69 Å². The van der Waals surface area contributed by atoms with E-state index in [2.05, 4.69) is 22.2 Å². The van der Waals surface area contributed by atoms with Crippen LogP contribution in [0.1, 0.15) is 17.8 Å². The van der Waals surface area contributed by atoms with Crippen LogP contribution in [-0.2, 0) is 0 Å². The van der Waals surface area contributed by atoms with Crippen molar-refractivity contribution in [1.29, 1.82) is 0 Å². The Hall–Kier alpha value is -2.11. The molecule has 0 saturated carbocycles. The number of nitrogens with zero attached hydrogens (tertiary/aromatic N) is 3. The molecule has 4 nitrogen and oxygen atoms in total. The van der Waals surface area contributed by atoms with Crippen LogP contribution in [-0.4, -0.2) is 22.0 Å². The minimum Gasteiger partial charge on any atom is -0.312 e. The van der Waals surface area contributed by atoms with E-state index >= 15 is 0 Å². The normalized spacial score (nSPS) is 12.3. The van der Waals surface area contributed by atoms with E-state index in [1.165, 1.54) is 4.88 Å². The average molecular weight is 296 g/mol. The molecule has 3 aromatic rings. The lowest BCUT2D eigenvalue weighted by atomic mass is 10.1. The number of hydrogen-bond donors (Lipinski definition) is 1. The van der Waals surface area contributed by atoms with Gasteiger partial charge >= 0.3 is 0 Å². The summed E-state index contributed by atoms with van der Waals surface area (Å²) in [5.74, 6) is 0. The van der Waals surface area contributed by atoms with Crippen LogP contribution in [0.2, 0.25) is 0 Å². The summed E-state index contributed by atoms with van der Waals surface area (Å²) in [5.41, 5.74) is 3.22. The Balaban J connectivity index is 2.12. The zero-order chi connectivity index (χ0) is 14.7. The maximum absolute atomic E-state index is 4.84. The van der Waals surface area contributed by atoms with Crippen LogP contribution in [0.3, 0.4) is 0 Å². The molecule has 0 aromatic carbocycles. The maximum atomic E-state index is 4.84. The Bertz CT molecular complexity index is 710. The highest BCUT2D eigenvalue weighted by molar-refractivity contribution is 7.15. The van der Waals surface area contributed by atoms with Crippen LogP contribution < -0.4 is 5.32 Å². The lowest BCUT2D eigenvalue weighted by Crippen LogP contribution is -2.11. The molecule has 0 spiro atoms. The average Bonchev–Trinajstić information content (AvgIpc) is 3.01. The zero-order valence-electron chi connectivity index (χ0n) is 11.9. The third kappa shape index (κ3) is 2.84. The van der Waals surface area contributed by atoms with Gasteiger partial charge in [-0.2, -0.15) is 0 Å². The summed E-state index contributed by atoms with van der Waals surface area (Å²) in [6.45, 7) is 2.15. The molecule has 0 fully saturated rings.